The Hall–Kier alpha value is -0.0400. The smallest absolute Gasteiger partial charge is 0.00387 e. The van der Waals surface area contributed by atoms with E-state index in [0.29, 0.717) is 0 Å². The molecule has 0 saturated carbocycles. The molecule has 0 aromatic carbocycles. The van der Waals surface area contributed by atoms with Crippen molar-refractivity contribution in [3.63, 3.8) is 0 Å². The molecule has 0 aromatic rings. The first-order chi connectivity index (χ1) is 9.31. The SMILES string of the molecule is CCCCCCCCCCCCNC(C)CCCC. The summed E-state index contributed by atoms with van der Waals surface area (Å²) in [6.07, 6.45) is 18.4. The van der Waals surface area contributed by atoms with Gasteiger partial charge in [0, 0.05) is 6.04 Å². The summed E-state index contributed by atoms with van der Waals surface area (Å²) >= 11 is 0. The fourth-order valence-electron chi connectivity index (χ4n) is 2.57. The quantitative estimate of drug-likeness (QED) is 0.355. The minimum atomic E-state index is 0.721. The van der Waals surface area contributed by atoms with Crippen LogP contribution in [0.1, 0.15) is 104 Å². The summed E-state index contributed by atoms with van der Waals surface area (Å²) < 4.78 is 0. The molecule has 19 heavy (non-hydrogen) atoms. The number of hydrogen-bond acceptors (Lipinski definition) is 1. The van der Waals surface area contributed by atoms with Crippen LogP contribution >= 0.6 is 0 Å². The molecular formula is C18H39N. The number of rotatable bonds is 15. The Morgan fingerprint density at radius 2 is 1.11 bits per heavy atom. The highest BCUT2D eigenvalue weighted by Gasteiger charge is 1.99. The number of hydrogen-bond donors (Lipinski definition) is 1. The lowest BCUT2D eigenvalue weighted by Gasteiger charge is -2.12. The van der Waals surface area contributed by atoms with Gasteiger partial charge in [-0.1, -0.05) is 84.5 Å². The molecule has 0 radical (unpaired) electrons. The fourth-order valence-corrected chi connectivity index (χ4v) is 2.57. The van der Waals surface area contributed by atoms with Crippen LogP contribution in [0.4, 0.5) is 0 Å². The van der Waals surface area contributed by atoms with Crippen LogP contribution in [0.2, 0.25) is 0 Å². The summed E-state index contributed by atoms with van der Waals surface area (Å²) in [4.78, 5) is 0. The Labute approximate surface area is 122 Å². The molecule has 0 aromatic heterocycles. The Balaban J connectivity index is 3.02. The van der Waals surface area contributed by atoms with Crippen LogP contribution < -0.4 is 5.32 Å². The summed E-state index contributed by atoms with van der Waals surface area (Å²) in [6.45, 7) is 8.11. The minimum Gasteiger partial charge on any atom is -0.314 e. The third kappa shape index (κ3) is 15.9. The first kappa shape index (κ1) is 19.0. The zero-order valence-corrected chi connectivity index (χ0v) is 14.0. The van der Waals surface area contributed by atoms with Crippen molar-refractivity contribution in [2.45, 2.75) is 110 Å². The van der Waals surface area contributed by atoms with E-state index in [1.807, 2.05) is 0 Å². The van der Waals surface area contributed by atoms with Crippen LogP contribution in [0.3, 0.4) is 0 Å². The van der Waals surface area contributed by atoms with Crippen molar-refractivity contribution in [3.05, 3.63) is 0 Å². The highest BCUT2D eigenvalue weighted by Crippen LogP contribution is 2.10. The highest BCUT2D eigenvalue weighted by atomic mass is 14.9. The molecule has 1 N–H and O–H groups in total. The lowest BCUT2D eigenvalue weighted by atomic mass is 10.1. The molecule has 1 unspecified atom stereocenters. The van der Waals surface area contributed by atoms with Gasteiger partial charge in [-0.2, -0.15) is 0 Å². The molecule has 0 spiro atoms. The van der Waals surface area contributed by atoms with E-state index in [1.54, 1.807) is 0 Å². The minimum absolute atomic E-state index is 0.721. The second kappa shape index (κ2) is 16.0. The van der Waals surface area contributed by atoms with Crippen molar-refractivity contribution >= 4 is 0 Å². The molecule has 0 saturated heterocycles. The van der Waals surface area contributed by atoms with Crippen molar-refractivity contribution in [2.24, 2.45) is 0 Å². The van der Waals surface area contributed by atoms with Gasteiger partial charge in [0.15, 0.2) is 0 Å². The molecule has 1 nitrogen and oxygen atoms in total. The molecule has 0 bridgehead atoms. The van der Waals surface area contributed by atoms with Crippen molar-refractivity contribution < 1.29 is 0 Å². The van der Waals surface area contributed by atoms with Gasteiger partial charge in [-0.15, -0.1) is 0 Å². The predicted octanol–water partition coefficient (Wildman–Crippen LogP) is 6.08. The Kier molecular flexibility index (Phi) is 16.0. The first-order valence-corrected chi connectivity index (χ1v) is 9.04. The van der Waals surface area contributed by atoms with Crippen molar-refractivity contribution in [1.82, 2.24) is 5.32 Å². The molecule has 116 valence electrons. The largest absolute Gasteiger partial charge is 0.314 e. The van der Waals surface area contributed by atoms with Crippen molar-refractivity contribution in [1.29, 1.82) is 0 Å². The van der Waals surface area contributed by atoms with Gasteiger partial charge in [0.05, 0.1) is 0 Å². The van der Waals surface area contributed by atoms with Gasteiger partial charge in [0.25, 0.3) is 0 Å². The van der Waals surface area contributed by atoms with Crippen LogP contribution in [0.5, 0.6) is 0 Å². The second-order valence-electron chi connectivity index (χ2n) is 6.18. The maximum atomic E-state index is 3.64. The van der Waals surface area contributed by atoms with Crippen LogP contribution in [0.15, 0.2) is 0 Å². The topological polar surface area (TPSA) is 12.0 Å². The van der Waals surface area contributed by atoms with Gasteiger partial charge in [0.2, 0.25) is 0 Å². The summed E-state index contributed by atoms with van der Waals surface area (Å²) in [7, 11) is 0. The van der Waals surface area contributed by atoms with Crippen LogP contribution in [-0.2, 0) is 0 Å². The van der Waals surface area contributed by atoms with E-state index in [-0.39, 0.29) is 0 Å². The van der Waals surface area contributed by atoms with Crippen molar-refractivity contribution in [2.75, 3.05) is 6.54 Å². The molecular weight excluding hydrogens is 230 g/mol. The molecule has 0 fully saturated rings. The number of nitrogens with one attached hydrogen (secondary N) is 1. The van der Waals surface area contributed by atoms with E-state index in [9.17, 15) is 0 Å². The molecule has 0 aliphatic rings. The van der Waals surface area contributed by atoms with Gasteiger partial charge in [-0.05, 0) is 26.3 Å². The average molecular weight is 270 g/mol. The molecule has 1 heteroatoms. The fraction of sp³-hybridized carbons (Fsp3) is 1.00. The Morgan fingerprint density at radius 3 is 1.63 bits per heavy atom. The second-order valence-corrected chi connectivity index (χ2v) is 6.18. The van der Waals surface area contributed by atoms with Gasteiger partial charge >= 0.3 is 0 Å². The molecule has 0 aliphatic carbocycles. The van der Waals surface area contributed by atoms with E-state index < -0.39 is 0 Å². The monoisotopic (exact) mass is 269 g/mol. The molecule has 0 rings (SSSR count). The van der Waals surface area contributed by atoms with Crippen LogP contribution in [-0.4, -0.2) is 12.6 Å². The average Bonchev–Trinajstić information content (AvgIpc) is 2.42. The van der Waals surface area contributed by atoms with Gasteiger partial charge in [-0.25, -0.2) is 0 Å². The predicted molar refractivity (Wildman–Crippen MR) is 88.8 cm³/mol. The van der Waals surface area contributed by atoms with Crippen LogP contribution in [0, 0.1) is 0 Å². The third-order valence-electron chi connectivity index (χ3n) is 4.01. The first-order valence-electron chi connectivity index (χ1n) is 9.04. The molecule has 0 aliphatic heterocycles. The summed E-state index contributed by atoms with van der Waals surface area (Å²) in [5.74, 6) is 0. The third-order valence-corrected chi connectivity index (χ3v) is 4.01. The standard InChI is InChI=1S/C18H39N/c1-4-6-8-9-10-11-12-13-14-15-17-19-18(3)16-7-5-2/h18-19H,4-17H2,1-3H3. The van der Waals surface area contributed by atoms with Gasteiger partial charge < -0.3 is 5.32 Å². The molecule has 1 atom stereocenters. The van der Waals surface area contributed by atoms with Gasteiger partial charge in [0.1, 0.15) is 0 Å². The van der Waals surface area contributed by atoms with E-state index >= 15 is 0 Å². The maximum absolute atomic E-state index is 3.64. The summed E-state index contributed by atoms with van der Waals surface area (Å²) in [5, 5.41) is 3.64. The van der Waals surface area contributed by atoms with E-state index in [1.165, 1.54) is 90.0 Å². The Morgan fingerprint density at radius 1 is 0.632 bits per heavy atom. The molecule has 0 amide bonds. The molecule has 0 heterocycles. The van der Waals surface area contributed by atoms with Crippen molar-refractivity contribution in [3.8, 4) is 0 Å². The van der Waals surface area contributed by atoms with E-state index in [0.717, 1.165) is 6.04 Å². The normalized spacial score (nSPS) is 12.8. The lowest BCUT2D eigenvalue weighted by molar-refractivity contribution is 0.476. The zero-order chi connectivity index (χ0) is 14.2. The lowest BCUT2D eigenvalue weighted by Crippen LogP contribution is -2.26. The zero-order valence-electron chi connectivity index (χ0n) is 14.0. The van der Waals surface area contributed by atoms with E-state index in [4.69, 9.17) is 0 Å². The Bertz CT molecular complexity index is 156. The summed E-state index contributed by atoms with van der Waals surface area (Å²) in [6, 6.07) is 0.721. The van der Waals surface area contributed by atoms with Crippen LogP contribution in [0.25, 0.3) is 0 Å². The van der Waals surface area contributed by atoms with Gasteiger partial charge in [-0.3, -0.25) is 0 Å². The maximum Gasteiger partial charge on any atom is 0.00387 e. The van der Waals surface area contributed by atoms with E-state index in [2.05, 4.69) is 26.1 Å². The summed E-state index contributed by atoms with van der Waals surface area (Å²) in [5.41, 5.74) is 0. The highest BCUT2D eigenvalue weighted by molar-refractivity contribution is 4.60. The number of unbranched alkanes of at least 4 members (excludes halogenated alkanes) is 10.